The Kier molecular flexibility index (Phi) is 3.15. The van der Waals surface area contributed by atoms with Crippen molar-refractivity contribution in [2.24, 2.45) is 0 Å². The first kappa shape index (κ1) is 12.0. The second-order valence-electron chi connectivity index (χ2n) is 4.33. The van der Waals surface area contributed by atoms with E-state index < -0.39 is 10.4 Å². The van der Waals surface area contributed by atoms with Gasteiger partial charge in [0.1, 0.15) is 0 Å². The summed E-state index contributed by atoms with van der Waals surface area (Å²) < 4.78 is 0. The van der Waals surface area contributed by atoms with Crippen molar-refractivity contribution in [2.75, 3.05) is 0 Å². The highest BCUT2D eigenvalue weighted by Crippen LogP contribution is 2.26. The smallest absolute Gasteiger partial charge is 0.241 e. The summed E-state index contributed by atoms with van der Waals surface area (Å²) in [4.78, 5) is 22.9. The number of nitrogens with one attached hydrogen (secondary N) is 1. The quantitative estimate of drug-likeness (QED) is 0.870. The number of hydrogen-bond acceptors (Lipinski definition) is 4. The summed E-state index contributed by atoms with van der Waals surface area (Å²) >= 11 is 0.975. The Labute approximate surface area is 104 Å². The average Bonchev–Trinajstić information content (AvgIpc) is 2.45. The van der Waals surface area contributed by atoms with Crippen LogP contribution in [0.2, 0.25) is 0 Å². The van der Waals surface area contributed by atoms with Crippen molar-refractivity contribution in [1.82, 2.24) is 0 Å². The Morgan fingerprint density at radius 2 is 1.76 bits per heavy atom. The number of carbonyl (C=O) groups is 2. The van der Waals surface area contributed by atoms with Crippen molar-refractivity contribution in [2.45, 2.75) is 25.5 Å². The van der Waals surface area contributed by atoms with E-state index >= 15 is 0 Å². The molecule has 4 heteroatoms. The molecule has 0 aliphatic carbocycles. The van der Waals surface area contributed by atoms with Gasteiger partial charge in [0.05, 0.1) is 5.25 Å². The Morgan fingerprint density at radius 1 is 1.18 bits per heavy atom. The Bertz CT molecular complexity index is 502. The second kappa shape index (κ2) is 4.45. The lowest BCUT2D eigenvalue weighted by atomic mass is 10.0. The van der Waals surface area contributed by atoms with Crippen LogP contribution in [0.4, 0.5) is 0 Å². The summed E-state index contributed by atoms with van der Waals surface area (Å²) in [5.41, 5.74) is 2.99. The first-order valence-electron chi connectivity index (χ1n) is 5.38. The zero-order valence-corrected chi connectivity index (χ0v) is 10.6. The summed E-state index contributed by atoms with van der Waals surface area (Å²) in [6.45, 7) is 4.01. The van der Waals surface area contributed by atoms with Gasteiger partial charge < -0.3 is 0 Å². The first-order valence-corrected chi connectivity index (χ1v) is 6.26. The number of aryl methyl sites for hydroxylation is 2. The molecule has 2 rings (SSSR count). The molecule has 88 valence electrons. The van der Waals surface area contributed by atoms with Gasteiger partial charge in [-0.2, -0.15) is 0 Å². The molecular weight excluding hydrogens is 234 g/mol. The van der Waals surface area contributed by atoms with Gasteiger partial charge in [-0.25, -0.2) is 0 Å². The Hall–Kier alpha value is -1.42. The van der Waals surface area contributed by atoms with E-state index in [4.69, 9.17) is 5.41 Å². The average molecular weight is 247 g/mol. The van der Waals surface area contributed by atoms with Gasteiger partial charge in [-0.15, -0.1) is 0 Å². The van der Waals surface area contributed by atoms with Gasteiger partial charge in [-0.3, -0.25) is 15.0 Å². The van der Waals surface area contributed by atoms with E-state index in [2.05, 4.69) is 6.07 Å². The molecule has 0 spiro atoms. The fourth-order valence-corrected chi connectivity index (χ4v) is 3.02. The van der Waals surface area contributed by atoms with Gasteiger partial charge in [0.2, 0.25) is 5.12 Å². The fraction of sp³-hybridized carbons (Fsp3) is 0.308. The number of rotatable bonds is 2. The molecule has 1 aromatic rings. The Morgan fingerprint density at radius 3 is 2.24 bits per heavy atom. The lowest BCUT2D eigenvalue weighted by Gasteiger charge is -2.08. The minimum atomic E-state index is -0.406. The lowest BCUT2D eigenvalue weighted by Crippen LogP contribution is -2.20. The molecule has 0 amide bonds. The maximum atomic E-state index is 11.6. The van der Waals surface area contributed by atoms with E-state index in [0.29, 0.717) is 6.42 Å². The Balaban J connectivity index is 2.19. The summed E-state index contributed by atoms with van der Waals surface area (Å²) in [5.74, 6) is -0.334. The van der Waals surface area contributed by atoms with Crippen LogP contribution in [0.1, 0.15) is 16.7 Å². The zero-order valence-electron chi connectivity index (χ0n) is 9.74. The van der Waals surface area contributed by atoms with Crippen LogP contribution in [-0.2, 0) is 16.0 Å². The predicted octanol–water partition coefficient (Wildman–Crippen LogP) is 2.08. The lowest BCUT2D eigenvalue weighted by molar-refractivity contribution is -0.113. The molecule has 1 fully saturated rings. The van der Waals surface area contributed by atoms with E-state index in [1.807, 2.05) is 26.0 Å². The van der Waals surface area contributed by atoms with Gasteiger partial charge in [0.15, 0.2) is 11.5 Å². The minimum absolute atomic E-state index is 0.334. The van der Waals surface area contributed by atoms with E-state index in [-0.39, 0.29) is 11.5 Å². The van der Waals surface area contributed by atoms with Crippen LogP contribution in [-0.4, -0.2) is 21.9 Å². The van der Waals surface area contributed by atoms with E-state index in [0.717, 1.165) is 28.5 Å². The van der Waals surface area contributed by atoms with Gasteiger partial charge in [0, 0.05) is 0 Å². The third-order valence-electron chi connectivity index (χ3n) is 2.69. The number of Topliss-reactive ketones (excluding diaryl/α,β-unsaturated/α-hetero) is 1. The van der Waals surface area contributed by atoms with Crippen molar-refractivity contribution in [3.8, 4) is 0 Å². The zero-order chi connectivity index (χ0) is 12.6. The maximum absolute atomic E-state index is 11.6. The molecule has 1 unspecified atom stereocenters. The van der Waals surface area contributed by atoms with Crippen molar-refractivity contribution in [3.63, 3.8) is 0 Å². The number of hydrogen-bond donors (Lipinski definition) is 1. The van der Waals surface area contributed by atoms with Gasteiger partial charge >= 0.3 is 0 Å². The highest BCUT2D eigenvalue weighted by atomic mass is 32.2. The second-order valence-corrected chi connectivity index (χ2v) is 5.51. The maximum Gasteiger partial charge on any atom is 0.241 e. The molecule has 1 heterocycles. The standard InChI is InChI=1S/C13H13NO2S/c1-7-3-8(2)5-9(4-7)6-10-12(15)11(14)13(16)17-10/h3-5,10,14H,6H2,1-2H3. The number of benzene rings is 1. The molecule has 17 heavy (non-hydrogen) atoms. The summed E-state index contributed by atoms with van der Waals surface area (Å²) in [5, 5.41) is 6.52. The molecular formula is C13H13NO2S. The van der Waals surface area contributed by atoms with Gasteiger partial charge in [0.25, 0.3) is 0 Å². The highest BCUT2D eigenvalue weighted by molar-refractivity contribution is 8.18. The molecule has 1 aliphatic heterocycles. The number of thioether (sulfide) groups is 1. The summed E-state index contributed by atoms with van der Waals surface area (Å²) in [6.07, 6.45) is 0.528. The predicted molar refractivity (Wildman–Crippen MR) is 68.7 cm³/mol. The molecule has 1 atom stereocenters. The molecule has 3 nitrogen and oxygen atoms in total. The van der Waals surface area contributed by atoms with Crippen LogP contribution < -0.4 is 0 Å². The molecule has 1 aliphatic rings. The van der Waals surface area contributed by atoms with Crippen LogP contribution in [0.15, 0.2) is 18.2 Å². The van der Waals surface area contributed by atoms with Crippen LogP contribution in [0.3, 0.4) is 0 Å². The third-order valence-corrected chi connectivity index (χ3v) is 3.78. The minimum Gasteiger partial charge on any atom is -0.293 e. The molecule has 1 N–H and O–H groups in total. The van der Waals surface area contributed by atoms with Gasteiger partial charge in [-0.1, -0.05) is 41.1 Å². The van der Waals surface area contributed by atoms with Crippen molar-refractivity contribution >= 4 is 28.4 Å². The topological polar surface area (TPSA) is 58.0 Å². The normalized spacial score (nSPS) is 20.1. The monoisotopic (exact) mass is 247 g/mol. The van der Waals surface area contributed by atoms with Crippen molar-refractivity contribution in [1.29, 1.82) is 5.41 Å². The van der Waals surface area contributed by atoms with Crippen molar-refractivity contribution < 1.29 is 9.59 Å². The van der Waals surface area contributed by atoms with Crippen LogP contribution >= 0.6 is 11.8 Å². The van der Waals surface area contributed by atoms with Crippen LogP contribution in [0.25, 0.3) is 0 Å². The van der Waals surface area contributed by atoms with Gasteiger partial charge in [-0.05, 0) is 25.8 Å². The third kappa shape index (κ3) is 2.47. The summed E-state index contributed by atoms with van der Waals surface area (Å²) in [7, 11) is 0. The van der Waals surface area contributed by atoms with Crippen molar-refractivity contribution in [3.05, 3.63) is 34.9 Å². The summed E-state index contributed by atoms with van der Waals surface area (Å²) in [6, 6.07) is 6.11. The molecule has 0 saturated carbocycles. The molecule has 0 bridgehead atoms. The van der Waals surface area contributed by atoms with E-state index in [1.54, 1.807) is 0 Å². The van der Waals surface area contributed by atoms with Crippen LogP contribution in [0, 0.1) is 19.3 Å². The molecule has 1 saturated heterocycles. The highest BCUT2D eigenvalue weighted by Gasteiger charge is 2.37. The largest absolute Gasteiger partial charge is 0.293 e. The number of carbonyl (C=O) groups excluding carboxylic acids is 2. The molecule has 1 aromatic carbocycles. The molecule has 0 aromatic heterocycles. The van der Waals surface area contributed by atoms with E-state index in [1.165, 1.54) is 0 Å². The SMILES string of the molecule is Cc1cc(C)cc(CC2SC(=O)C(=N)C2=O)c1. The molecule has 0 radical (unpaired) electrons. The van der Waals surface area contributed by atoms with Crippen LogP contribution in [0.5, 0.6) is 0 Å². The fourth-order valence-electron chi connectivity index (χ4n) is 2.04. The van der Waals surface area contributed by atoms with E-state index in [9.17, 15) is 9.59 Å². The first-order chi connectivity index (χ1) is 7.97. The number of ketones is 1.